The molecular weight excluding hydrogens is 370 g/mol. The van der Waals surface area contributed by atoms with Gasteiger partial charge in [0.05, 0.1) is 5.25 Å². The standard InChI is InChI=1S/C17H23N5O2S2/c1-9(2)11-5-7-12(8-6-11)19-16-21-22-17(26-16)25-13(10(3)4)14(23)20-15(18)24/h5-10,13H,1-4H3,(H,19,21)(H3,18,20,23,24)/t13-/m1/s1. The number of benzene rings is 1. The zero-order valence-electron chi connectivity index (χ0n) is 15.1. The molecular formula is C17H23N5O2S2. The van der Waals surface area contributed by atoms with Gasteiger partial charge in [-0.2, -0.15) is 0 Å². The molecule has 1 aromatic carbocycles. The smallest absolute Gasteiger partial charge is 0.318 e. The minimum Gasteiger partial charge on any atom is -0.351 e. The van der Waals surface area contributed by atoms with E-state index in [1.807, 2.05) is 26.0 Å². The van der Waals surface area contributed by atoms with E-state index in [1.54, 1.807) is 0 Å². The summed E-state index contributed by atoms with van der Waals surface area (Å²) in [5.41, 5.74) is 7.22. The lowest BCUT2D eigenvalue weighted by Gasteiger charge is -2.16. The molecule has 0 spiro atoms. The minimum absolute atomic E-state index is 0.00300. The third-order valence-electron chi connectivity index (χ3n) is 3.57. The minimum atomic E-state index is -0.856. The van der Waals surface area contributed by atoms with Crippen molar-refractivity contribution < 1.29 is 9.59 Å². The number of hydrogen-bond donors (Lipinski definition) is 3. The van der Waals surface area contributed by atoms with E-state index in [9.17, 15) is 9.59 Å². The lowest BCUT2D eigenvalue weighted by atomic mass is 10.0. The molecule has 0 saturated carbocycles. The molecule has 0 bridgehead atoms. The Morgan fingerprint density at radius 3 is 2.31 bits per heavy atom. The van der Waals surface area contributed by atoms with Crippen LogP contribution in [0.2, 0.25) is 0 Å². The van der Waals surface area contributed by atoms with Crippen LogP contribution in [-0.4, -0.2) is 27.4 Å². The summed E-state index contributed by atoms with van der Waals surface area (Å²) in [4.78, 5) is 23.0. The Morgan fingerprint density at radius 1 is 1.12 bits per heavy atom. The number of nitrogens with zero attached hydrogens (tertiary/aromatic N) is 2. The molecule has 9 heteroatoms. The lowest BCUT2D eigenvalue weighted by molar-refractivity contribution is -0.120. The highest BCUT2D eigenvalue weighted by Crippen LogP contribution is 2.33. The van der Waals surface area contributed by atoms with E-state index in [0.717, 1.165) is 5.69 Å². The number of carbonyl (C=O) groups is 2. The van der Waals surface area contributed by atoms with Crippen LogP contribution in [0.25, 0.3) is 0 Å². The number of amides is 3. The third kappa shape index (κ3) is 5.70. The summed E-state index contributed by atoms with van der Waals surface area (Å²) < 4.78 is 0.643. The molecule has 1 atom stereocenters. The average Bonchev–Trinajstić information content (AvgIpc) is 2.99. The van der Waals surface area contributed by atoms with Crippen molar-refractivity contribution in [3.8, 4) is 0 Å². The zero-order chi connectivity index (χ0) is 19.3. The van der Waals surface area contributed by atoms with Gasteiger partial charge in [-0.1, -0.05) is 62.9 Å². The number of urea groups is 1. The lowest BCUT2D eigenvalue weighted by Crippen LogP contribution is -2.42. The van der Waals surface area contributed by atoms with Gasteiger partial charge in [-0.25, -0.2) is 4.79 Å². The van der Waals surface area contributed by atoms with Crippen molar-refractivity contribution in [3.05, 3.63) is 29.8 Å². The number of thioether (sulfide) groups is 1. The third-order valence-corrected chi connectivity index (χ3v) is 6.04. The first-order chi connectivity index (χ1) is 12.3. The van der Waals surface area contributed by atoms with Crippen molar-refractivity contribution in [2.24, 2.45) is 11.7 Å². The second-order valence-corrected chi connectivity index (χ2v) is 8.78. The molecule has 0 unspecified atom stereocenters. The predicted octanol–water partition coefficient (Wildman–Crippen LogP) is 3.72. The fourth-order valence-electron chi connectivity index (χ4n) is 2.18. The average molecular weight is 394 g/mol. The van der Waals surface area contributed by atoms with Crippen molar-refractivity contribution >= 4 is 45.9 Å². The van der Waals surface area contributed by atoms with Crippen LogP contribution in [0.1, 0.15) is 39.2 Å². The van der Waals surface area contributed by atoms with Gasteiger partial charge >= 0.3 is 6.03 Å². The maximum Gasteiger partial charge on any atom is 0.318 e. The topological polar surface area (TPSA) is 110 Å². The summed E-state index contributed by atoms with van der Waals surface area (Å²) in [6.45, 7) is 8.09. The van der Waals surface area contributed by atoms with E-state index in [4.69, 9.17) is 5.73 Å². The van der Waals surface area contributed by atoms with Gasteiger partial charge in [0.15, 0.2) is 4.34 Å². The van der Waals surface area contributed by atoms with Crippen LogP contribution in [0.3, 0.4) is 0 Å². The van der Waals surface area contributed by atoms with Crippen molar-refractivity contribution in [2.45, 2.75) is 43.2 Å². The number of carbonyl (C=O) groups excluding carboxylic acids is 2. The SMILES string of the molecule is CC(C)c1ccc(Nc2nnc(S[C@@H](C(=O)NC(N)=O)C(C)C)s2)cc1. The fraction of sp³-hybridized carbons (Fsp3) is 0.412. The Morgan fingerprint density at radius 2 is 1.77 bits per heavy atom. The summed E-state index contributed by atoms with van der Waals surface area (Å²) in [5.74, 6) is 0.0582. The molecule has 0 aliphatic rings. The maximum atomic E-state index is 12.1. The molecule has 1 heterocycles. The number of hydrogen-bond acceptors (Lipinski definition) is 7. The summed E-state index contributed by atoms with van der Waals surface area (Å²) >= 11 is 2.62. The van der Waals surface area contributed by atoms with Crippen molar-refractivity contribution in [1.29, 1.82) is 0 Å². The van der Waals surface area contributed by atoms with Crippen molar-refractivity contribution in [1.82, 2.24) is 15.5 Å². The number of imide groups is 1. The van der Waals surface area contributed by atoms with Crippen LogP contribution in [0.5, 0.6) is 0 Å². The molecule has 26 heavy (non-hydrogen) atoms. The number of nitrogens with two attached hydrogens (primary N) is 1. The molecule has 140 valence electrons. The van der Waals surface area contributed by atoms with E-state index in [-0.39, 0.29) is 5.92 Å². The first-order valence-corrected chi connectivity index (χ1v) is 9.93. The fourth-order valence-corrected chi connectivity index (χ4v) is 4.16. The molecule has 7 nitrogen and oxygen atoms in total. The van der Waals surface area contributed by atoms with Gasteiger partial charge in [0.1, 0.15) is 0 Å². The molecule has 0 aliphatic heterocycles. The summed E-state index contributed by atoms with van der Waals surface area (Å²) in [6, 6.07) is 7.30. The van der Waals surface area contributed by atoms with Crippen LogP contribution in [0.4, 0.5) is 15.6 Å². The van der Waals surface area contributed by atoms with E-state index >= 15 is 0 Å². The molecule has 3 amide bonds. The Bertz CT molecular complexity index is 759. The molecule has 2 aromatic rings. The van der Waals surface area contributed by atoms with Gasteiger partial charge in [0, 0.05) is 5.69 Å². The van der Waals surface area contributed by atoms with Gasteiger partial charge in [0.25, 0.3) is 0 Å². The van der Waals surface area contributed by atoms with Gasteiger partial charge in [0.2, 0.25) is 11.0 Å². The van der Waals surface area contributed by atoms with Crippen LogP contribution in [0, 0.1) is 5.92 Å². The first-order valence-electron chi connectivity index (χ1n) is 8.23. The molecule has 0 aliphatic carbocycles. The van der Waals surface area contributed by atoms with E-state index < -0.39 is 17.2 Å². The van der Waals surface area contributed by atoms with Gasteiger partial charge in [-0.15, -0.1) is 10.2 Å². The van der Waals surface area contributed by atoms with E-state index in [0.29, 0.717) is 15.4 Å². The molecule has 0 fully saturated rings. The molecule has 1 aromatic heterocycles. The Labute approximate surface area is 161 Å². The second kappa shape index (κ2) is 9.00. The summed E-state index contributed by atoms with van der Waals surface area (Å²) in [6.07, 6.45) is 0. The van der Waals surface area contributed by atoms with Gasteiger partial charge < -0.3 is 11.1 Å². The van der Waals surface area contributed by atoms with Gasteiger partial charge in [-0.3, -0.25) is 10.1 Å². The Hall–Kier alpha value is -2.13. The molecule has 0 saturated heterocycles. The highest BCUT2D eigenvalue weighted by molar-refractivity contribution is 8.02. The monoisotopic (exact) mass is 393 g/mol. The molecule has 4 N–H and O–H groups in total. The van der Waals surface area contributed by atoms with E-state index in [2.05, 4.69) is 46.8 Å². The number of rotatable bonds is 7. The number of aromatic nitrogens is 2. The van der Waals surface area contributed by atoms with Crippen molar-refractivity contribution in [3.63, 3.8) is 0 Å². The van der Waals surface area contributed by atoms with E-state index in [1.165, 1.54) is 28.7 Å². The normalized spacial score (nSPS) is 12.2. The number of nitrogens with one attached hydrogen (secondary N) is 2. The van der Waals surface area contributed by atoms with Crippen molar-refractivity contribution in [2.75, 3.05) is 5.32 Å². The van der Waals surface area contributed by atoms with Crippen LogP contribution >= 0.6 is 23.1 Å². The highest BCUT2D eigenvalue weighted by atomic mass is 32.2. The highest BCUT2D eigenvalue weighted by Gasteiger charge is 2.26. The quantitative estimate of drug-likeness (QED) is 0.619. The second-order valence-electron chi connectivity index (χ2n) is 6.41. The molecule has 0 radical (unpaired) electrons. The van der Waals surface area contributed by atoms with Crippen LogP contribution in [0.15, 0.2) is 28.6 Å². The summed E-state index contributed by atoms with van der Waals surface area (Å²) in [7, 11) is 0. The zero-order valence-corrected chi connectivity index (χ0v) is 16.8. The largest absolute Gasteiger partial charge is 0.351 e. The summed E-state index contributed by atoms with van der Waals surface area (Å²) in [5, 5.41) is 13.7. The predicted molar refractivity (Wildman–Crippen MR) is 106 cm³/mol. The number of anilines is 2. The van der Waals surface area contributed by atoms with Gasteiger partial charge in [-0.05, 0) is 29.5 Å². The number of primary amides is 1. The Balaban J connectivity index is 2.03. The van der Waals surface area contributed by atoms with Crippen LogP contribution < -0.4 is 16.4 Å². The first kappa shape index (κ1) is 20.2. The maximum absolute atomic E-state index is 12.1. The molecule has 2 rings (SSSR count). The van der Waals surface area contributed by atoms with Crippen LogP contribution in [-0.2, 0) is 4.79 Å². The Kier molecular flexibility index (Phi) is 6.98.